The lowest BCUT2D eigenvalue weighted by Gasteiger charge is -2.30. The van der Waals surface area contributed by atoms with E-state index in [0.717, 1.165) is 64.8 Å². The van der Waals surface area contributed by atoms with Crippen LogP contribution in [0, 0.1) is 0 Å². The molecule has 1 amide bonds. The van der Waals surface area contributed by atoms with Gasteiger partial charge in [0.15, 0.2) is 0 Å². The first-order chi connectivity index (χ1) is 10.2. The third kappa shape index (κ3) is 3.47. The maximum absolute atomic E-state index is 12.7. The highest BCUT2D eigenvalue weighted by molar-refractivity contribution is 7.09. The molecule has 0 spiro atoms. The quantitative estimate of drug-likeness (QED) is 0.930. The summed E-state index contributed by atoms with van der Waals surface area (Å²) in [5, 5.41) is 2.13. The third-order valence-electron chi connectivity index (χ3n) is 4.76. The first kappa shape index (κ1) is 15.0. The van der Waals surface area contributed by atoms with Gasteiger partial charge in [-0.25, -0.2) is 0 Å². The topological polar surface area (TPSA) is 49.6 Å². The van der Waals surface area contributed by atoms with Crippen LogP contribution in [0.5, 0.6) is 0 Å². The Bertz CT molecular complexity index is 468. The molecule has 1 aliphatic carbocycles. The number of thiophene rings is 1. The molecule has 0 unspecified atom stereocenters. The van der Waals surface area contributed by atoms with Gasteiger partial charge in [-0.2, -0.15) is 0 Å². The Kier molecular flexibility index (Phi) is 4.62. The SMILES string of the molecule is NC1(C(=O)N2CCCN(Cc3cccs3)CC2)CCCC1. The van der Waals surface area contributed by atoms with Gasteiger partial charge in [-0.15, -0.1) is 11.3 Å². The molecule has 4 nitrogen and oxygen atoms in total. The molecule has 0 bridgehead atoms. The van der Waals surface area contributed by atoms with Crippen LogP contribution < -0.4 is 5.73 Å². The Morgan fingerprint density at radius 2 is 2.00 bits per heavy atom. The van der Waals surface area contributed by atoms with Crippen LogP contribution in [-0.4, -0.2) is 47.4 Å². The Hall–Kier alpha value is -0.910. The second kappa shape index (κ2) is 6.46. The molecule has 2 fully saturated rings. The number of amides is 1. The minimum absolute atomic E-state index is 0.193. The van der Waals surface area contributed by atoms with E-state index >= 15 is 0 Å². The van der Waals surface area contributed by atoms with E-state index in [2.05, 4.69) is 22.4 Å². The van der Waals surface area contributed by atoms with Crippen molar-refractivity contribution < 1.29 is 4.79 Å². The maximum Gasteiger partial charge on any atom is 0.242 e. The lowest BCUT2D eigenvalue weighted by atomic mass is 9.97. The Morgan fingerprint density at radius 1 is 1.19 bits per heavy atom. The van der Waals surface area contributed by atoms with Gasteiger partial charge in [0.05, 0.1) is 5.54 Å². The van der Waals surface area contributed by atoms with Gasteiger partial charge in [0.1, 0.15) is 0 Å². The second-order valence-electron chi connectivity index (χ2n) is 6.36. The van der Waals surface area contributed by atoms with E-state index in [1.54, 1.807) is 0 Å². The molecule has 21 heavy (non-hydrogen) atoms. The molecule has 1 aromatic rings. The molecule has 1 saturated heterocycles. The summed E-state index contributed by atoms with van der Waals surface area (Å²) in [7, 11) is 0. The molecule has 116 valence electrons. The predicted octanol–water partition coefficient (Wildman–Crippen LogP) is 2.05. The third-order valence-corrected chi connectivity index (χ3v) is 5.62. The predicted molar refractivity (Wildman–Crippen MR) is 86.2 cm³/mol. The average molecular weight is 307 g/mol. The zero-order valence-electron chi connectivity index (χ0n) is 12.6. The van der Waals surface area contributed by atoms with Crippen molar-refractivity contribution in [2.75, 3.05) is 26.2 Å². The van der Waals surface area contributed by atoms with Gasteiger partial charge >= 0.3 is 0 Å². The van der Waals surface area contributed by atoms with Crippen LogP contribution in [0.3, 0.4) is 0 Å². The van der Waals surface area contributed by atoms with E-state index in [0.29, 0.717) is 0 Å². The van der Waals surface area contributed by atoms with Crippen LogP contribution >= 0.6 is 11.3 Å². The zero-order chi connectivity index (χ0) is 14.7. The van der Waals surface area contributed by atoms with Gasteiger partial charge < -0.3 is 10.6 Å². The highest BCUT2D eigenvalue weighted by Crippen LogP contribution is 2.29. The number of carbonyl (C=O) groups excluding carboxylic acids is 1. The van der Waals surface area contributed by atoms with Crippen molar-refractivity contribution in [2.45, 2.75) is 44.2 Å². The van der Waals surface area contributed by atoms with E-state index in [-0.39, 0.29) is 5.91 Å². The Morgan fingerprint density at radius 3 is 2.71 bits per heavy atom. The number of nitrogens with zero attached hydrogens (tertiary/aromatic N) is 2. The molecule has 1 aliphatic heterocycles. The van der Waals surface area contributed by atoms with Crippen molar-refractivity contribution in [2.24, 2.45) is 5.73 Å². The van der Waals surface area contributed by atoms with Crippen LogP contribution in [0.4, 0.5) is 0 Å². The monoisotopic (exact) mass is 307 g/mol. The summed E-state index contributed by atoms with van der Waals surface area (Å²) in [4.78, 5) is 18.6. The van der Waals surface area contributed by atoms with Gasteiger partial charge in [0.2, 0.25) is 5.91 Å². The first-order valence-electron chi connectivity index (χ1n) is 8.00. The fourth-order valence-electron chi connectivity index (χ4n) is 3.49. The van der Waals surface area contributed by atoms with E-state index < -0.39 is 5.54 Å². The summed E-state index contributed by atoms with van der Waals surface area (Å²) in [6.07, 6.45) is 4.97. The summed E-state index contributed by atoms with van der Waals surface area (Å²) in [6.45, 7) is 4.72. The normalized spacial score (nSPS) is 23.2. The molecule has 2 heterocycles. The van der Waals surface area contributed by atoms with Gasteiger partial charge in [0.25, 0.3) is 0 Å². The maximum atomic E-state index is 12.7. The van der Waals surface area contributed by atoms with Crippen molar-refractivity contribution in [3.8, 4) is 0 Å². The summed E-state index contributed by atoms with van der Waals surface area (Å²) in [6, 6.07) is 4.29. The van der Waals surface area contributed by atoms with Crippen LogP contribution in [0.1, 0.15) is 37.0 Å². The largest absolute Gasteiger partial charge is 0.340 e. The highest BCUT2D eigenvalue weighted by Gasteiger charge is 2.40. The fourth-order valence-corrected chi connectivity index (χ4v) is 4.24. The van der Waals surface area contributed by atoms with E-state index in [1.165, 1.54) is 4.88 Å². The fraction of sp³-hybridized carbons (Fsp3) is 0.688. The molecule has 2 aliphatic rings. The molecule has 1 saturated carbocycles. The second-order valence-corrected chi connectivity index (χ2v) is 7.40. The number of rotatable bonds is 3. The van der Waals surface area contributed by atoms with Gasteiger partial charge in [-0.1, -0.05) is 18.9 Å². The lowest BCUT2D eigenvalue weighted by Crippen LogP contribution is -2.54. The zero-order valence-corrected chi connectivity index (χ0v) is 13.4. The number of carbonyl (C=O) groups is 1. The summed E-state index contributed by atoms with van der Waals surface area (Å²) >= 11 is 1.81. The van der Waals surface area contributed by atoms with E-state index in [1.807, 2.05) is 16.2 Å². The van der Waals surface area contributed by atoms with E-state index in [9.17, 15) is 4.79 Å². The van der Waals surface area contributed by atoms with Crippen molar-refractivity contribution in [3.63, 3.8) is 0 Å². The number of nitrogens with two attached hydrogens (primary N) is 1. The molecule has 3 rings (SSSR count). The van der Waals surface area contributed by atoms with Gasteiger partial charge in [0, 0.05) is 37.6 Å². The highest BCUT2D eigenvalue weighted by atomic mass is 32.1. The Labute approximate surface area is 130 Å². The van der Waals surface area contributed by atoms with Gasteiger partial charge in [-0.05, 0) is 30.7 Å². The standard InChI is InChI=1S/C16H25N3OS/c17-16(6-1-2-7-16)15(20)19-9-4-8-18(10-11-19)13-14-5-3-12-21-14/h3,5,12H,1-2,4,6-11,13,17H2. The summed E-state index contributed by atoms with van der Waals surface area (Å²) in [5.41, 5.74) is 5.76. The molecule has 5 heteroatoms. The smallest absolute Gasteiger partial charge is 0.242 e. The lowest BCUT2D eigenvalue weighted by molar-refractivity contribution is -0.136. The molecular formula is C16H25N3OS. The Balaban J connectivity index is 1.56. The number of hydrogen-bond donors (Lipinski definition) is 1. The molecule has 0 aromatic carbocycles. The molecule has 0 radical (unpaired) electrons. The van der Waals surface area contributed by atoms with Crippen LogP contribution in [-0.2, 0) is 11.3 Å². The van der Waals surface area contributed by atoms with Crippen molar-refractivity contribution >= 4 is 17.2 Å². The van der Waals surface area contributed by atoms with Crippen LogP contribution in [0.2, 0.25) is 0 Å². The molecule has 1 aromatic heterocycles. The van der Waals surface area contributed by atoms with Crippen molar-refractivity contribution in [3.05, 3.63) is 22.4 Å². The minimum Gasteiger partial charge on any atom is -0.340 e. The number of hydrogen-bond acceptors (Lipinski definition) is 4. The van der Waals surface area contributed by atoms with Gasteiger partial charge in [-0.3, -0.25) is 9.69 Å². The first-order valence-corrected chi connectivity index (χ1v) is 8.88. The molecule has 0 atom stereocenters. The average Bonchev–Trinajstić information content (AvgIpc) is 3.08. The van der Waals surface area contributed by atoms with Crippen molar-refractivity contribution in [1.29, 1.82) is 0 Å². The molecular weight excluding hydrogens is 282 g/mol. The van der Waals surface area contributed by atoms with E-state index in [4.69, 9.17) is 5.73 Å². The molecule has 2 N–H and O–H groups in total. The van der Waals surface area contributed by atoms with Crippen LogP contribution in [0.15, 0.2) is 17.5 Å². The summed E-state index contributed by atoms with van der Waals surface area (Å²) < 4.78 is 0. The van der Waals surface area contributed by atoms with Crippen LogP contribution in [0.25, 0.3) is 0 Å². The summed E-state index contributed by atoms with van der Waals surface area (Å²) in [5.74, 6) is 0.193. The minimum atomic E-state index is -0.567. The van der Waals surface area contributed by atoms with Crippen molar-refractivity contribution in [1.82, 2.24) is 9.80 Å².